The predicted octanol–water partition coefficient (Wildman–Crippen LogP) is 4.97. The quantitative estimate of drug-likeness (QED) is 0.291. The SMILES string of the molecule is O=C(O)CC1CCCN(CC(O)c2ccc(-c3noc(-c4cnn(-c5ccc(F)cc5)c4C(F)(F)F)n3)cc2)C1. The van der Waals surface area contributed by atoms with Crippen LogP contribution in [0.15, 0.2) is 59.3 Å². The van der Waals surface area contributed by atoms with Gasteiger partial charge in [0.25, 0.3) is 5.89 Å². The van der Waals surface area contributed by atoms with Gasteiger partial charge < -0.3 is 19.6 Å². The second-order valence-corrected chi connectivity index (χ2v) is 9.72. The number of carboxylic acids is 1. The summed E-state index contributed by atoms with van der Waals surface area (Å²) in [5.74, 6) is -1.72. The number of benzene rings is 2. The van der Waals surface area contributed by atoms with Crippen molar-refractivity contribution in [1.29, 1.82) is 0 Å². The van der Waals surface area contributed by atoms with E-state index in [4.69, 9.17) is 9.63 Å². The number of aromatic nitrogens is 4. The smallest absolute Gasteiger partial charge is 0.434 e. The number of piperidine rings is 1. The van der Waals surface area contributed by atoms with E-state index in [-0.39, 0.29) is 29.7 Å². The van der Waals surface area contributed by atoms with Crippen LogP contribution in [0.3, 0.4) is 0 Å². The fourth-order valence-corrected chi connectivity index (χ4v) is 4.94. The zero-order valence-corrected chi connectivity index (χ0v) is 21.1. The van der Waals surface area contributed by atoms with Gasteiger partial charge >= 0.3 is 12.1 Å². The van der Waals surface area contributed by atoms with Crippen molar-refractivity contribution in [2.45, 2.75) is 31.5 Å². The van der Waals surface area contributed by atoms with Crippen molar-refractivity contribution in [2.75, 3.05) is 19.6 Å². The molecule has 0 aliphatic carbocycles. The van der Waals surface area contributed by atoms with Crippen molar-refractivity contribution in [1.82, 2.24) is 24.8 Å². The number of nitrogens with zero attached hydrogens (tertiary/aromatic N) is 5. The number of aliphatic hydroxyl groups is 1. The summed E-state index contributed by atoms with van der Waals surface area (Å²) in [6.07, 6.45) is -2.87. The number of hydrogen-bond donors (Lipinski definition) is 2. The van der Waals surface area contributed by atoms with Gasteiger partial charge in [0.2, 0.25) is 5.82 Å². The Labute approximate surface area is 225 Å². The minimum absolute atomic E-state index is 0.0100. The number of rotatable bonds is 8. The number of aliphatic hydroxyl groups excluding tert-OH is 1. The molecule has 0 saturated carbocycles. The number of carbonyl (C=O) groups is 1. The van der Waals surface area contributed by atoms with Crippen LogP contribution in [0.5, 0.6) is 0 Å². The maximum atomic E-state index is 14.0. The molecule has 0 spiro atoms. The predicted molar refractivity (Wildman–Crippen MR) is 134 cm³/mol. The van der Waals surface area contributed by atoms with Crippen molar-refractivity contribution in [2.24, 2.45) is 5.92 Å². The fraction of sp³-hybridized carbons (Fsp3) is 0.333. The molecule has 1 fully saturated rings. The highest BCUT2D eigenvalue weighted by molar-refractivity contribution is 5.67. The van der Waals surface area contributed by atoms with Crippen LogP contribution in [-0.2, 0) is 11.0 Å². The molecule has 210 valence electrons. The summed E-state index contributed by atoms with van der Waals surface area (Å²) in [5, 5.41) is 27.4. The second kappa shape index (κ2) is 11.2. The first kappa shape index (κ1) is 27.5. The minimum atomic E-state index is -4.82. The molecule has 1 aliphatic heterocycles. The summed E-state index contributed by atoms with van der Waals surface area (Å²) >= 11 is 0. The Morgan fingerprint density at radius 3 is 2.52 bits per heavy atom. The molecule has 40 heavy (non-hydrogen) atoms. The number of carboxylic acid groups (broad SMARTS) is 1. The highest BCUT2D eigenvalue weighted by Crippen LogP contribution is 2.38. The van der Waals surface area contributed by atoms with Crippen LogP contribution >= 0.6 is 0 Å². The van der Waals surface area contributed by atoms with E-state index in [1.54, 1.807) is 24.3 Å². The van der Waals surface area contributed by atoms with E-state index in [2.05, 4.69) is 15.2 Å². The molecule has 0 amide bonds. The van der Waals surface area contributed by atoms with Crippen LogP contribution in [0.25, 0.3) is 28.5 Å². The second-order valence-electron chi connectivity index (χ2n) is 9.72. The largest absolute Gasteiger partial charge is 0.481 e. The summed E-state index contributed by atoms with van der Waals surface area (Å²) in [6.45, 7) is 1.72. The minimum Gasteiger partial charge on any atom is -0.481 e. The lowest BCUT2D eigenvalue weighted by molar-refractivity contribution is -0.142. The molecular formula is C27H25F4N5O4. The Hall–Kier alpha value is -4.10. The molecule has 3 heterocycles. The molecule has 0 radical (unpaired) electrons. The van der Waals surface area contributed by atoms with E-state index >= 15 is 0 Å². The van der Waals surface area contributed by atoms with Crippen LogP contribution in [0.2, 0.25) is 0 Å². The van der Waals surface area contributed by atoms with Gasteiger partial charge in [-0.15, -0.1) is 0 Å². The number of β-amino-alcohol motifs (C(OH)–C–C–N with tert-alkyl or cyclic N) is 1. The average Bonchev–Trinajstić information content (AvgIpc) is 3.57. The molecule has 1 saturated heterocycles. The maximum absolute atomic E-state index is 14.0. The van der Waals surface area contributed by atoms with Crippen molar-refractivity contribution >= 4 is 5.97 Å². The van der Waals surface area contributed by atoms with E-state index in [1.165, 1.54) is 12.1 Å². The molecule has 2 aromatic heterocycles. The van der Waals surface area contributed by atoms with E-state index < -0.39 is 35.3 Å². The van der Waals surface area contributed by atoms with Gasteiger partial charge in [-0.25, -0.2) is 9.07 Å². The van der Waals surface area contributed by atoms with E-state index in [0.717, 1.165) is 37.7 Å². The van der Waals surface area contributed by atoms with Gasteiger partial charge in [-0.3, -0.25) is 4.79 Å². The third-order valence-corrected chi connectivity index (χ3v) is 6.82. The Morgan fingerprint density at radius 2 is 1.85 bits per heavy atom. The summed E-state index contributed by atoms with van der Waals surface area (Å²) in [5.41, 5.74) is -0.477. The molecule has 13 heteroatoms. The monoisotopic (exact) mass is 559 g/mol. The van der Waals surface area contributed by atoms with Crippen LogP contribution in [0.4, 0.5) is 17.6 Å². The van der Waals surface area contributed by atoms with Crippen LogP contribution in [-0.4, -0.2) is 60.6 Å². The number of halogens is 4. The molecule has 9 nitrogen and oxygen atoms in total. The Kier molecular flexibility index (Phi) is 7.68. The highest BCUT2D eigenvalue weighted by atomic mass is 19.4. The van der Waals surface area contributed by atoms with Gasteiger partial charge in [-0.05, 0) is 55.1 Å². The number of alkyl halides is 3. The third kappa shape index (κ3) is 6.05. The fourth-order valence-electron chi connectivity index (χ4n) is 4.94. The molecule has 1 aliphatic rings. The Balaban J connectivity index is 1.32. The van der Waals surface area contributed by atoms with Gasteiger partial charge in [-0.1, -0.05) is 29.4 Å². The van der Waals surface area contributed by atoms with Crippen molar-refractivity contribution < 1.29 is 37.1 Å². The number of hydrogen-bond acceptors (Lipinski definition) is 7. The average molecular weight is 560 g/mol. The third-order valence-electron chi connectivity index (χ3n) is 6.82. The lowest BCUT2D eigenvalue weighted by Gasteiger charge is -2.33. The molecule has 2 atom stereocenters. The molecule has 2 unspecified atom stereocenters. The lowest BCUT2D eigenvalue weighted by atomic mass is 9.94. The Morgan fingerprint density at radius 1 is 1.12 bits per heavy atom. The topological polar surface area (TPSA) is 118 Å². The highest BCUT2D eigenvalue weighted by Gasteiger charge is 2.40. The van der Waals surface area contributed by atoms with Crippen LogP contribution in [0.1, 0.15) is 36.6 Å². The van der Waals surface area contributed by atoms with Gasteiger partial charge in [-0.2, -0.15) is 23.3 Å². The molecular weight excluding hydrogens is 534 g/mol. The van der Waals surface area contributed by atoms with E-state index in [9.17, 15) is 27.5 Å². The maximum Gasteiger partial charge on any atom is 0.434 e. The van der Waals surface area contributed by atoms with Crippen molar-refractivity contribution in [3.05, 3.63) is 71.8 Å². The van der Waals surface area contributed by atoms with Crippen molar-refractivity contribution in [3.8, 4) is 28.5 Å². The summed E-state index contributed by atoms with van der Waals surface area (Å²) in [6, 6.07) is 11.0. The lowest BCUT2D eigenvalue weighted by Crippen LogP contribution is -2.38. The van der Waals surface area contributed by atoms with E-state index in [1.807, 2.05) is 4.90 Å². The summed E-state index contributed by atoms with van der Waals surface area (Å²) in [4.78, 5) is 17.2. The molecule has 2 aromatic carbocycles. The van der Waals surface area contributed by atoms with Gasteiger partial charge in [0.15, 0.2) is 5.69 Å². The summed E-state index contributed by atoms with van der Waals surface area (Å²) < 4.78 is 61.1. The van der Waals surface area contributed by atoms with Crippen LogP contribution < -0.4 is 0 Å². The molecule has 2 N–H and O–H groups in total. The summed E-state index contributed by atoms with van der Waals surface area (Å²) in [7, 11) is 0. The first-order valence-electron chi connectivity index (χ1n) is 12.6. The van der Waals surface area contributed by atoms with Gasteiger partial charge in [0, 0.05) is 25.1 Å². The first-order valence-corrected chi connectivity index (χ1v) is 12.6. The van der Waals surface area contributed by atoms with E-state index in [0.29, 0.717) is 28.9 Å². The zero-order valence-electron chi connectivity index (χ0n) is 21.1. The zero-order chi connectivity index (χ0) is 28.4. The first-order chi connectivity index (χ1) is 19.1. The normalized spacial score (nSPS) is 17.2. The Bertz CT molecular complexity index is 1470. The molecule has 5 rings (SSSR count). The standard InChI is InChI=1S/C27H25F4N5O4/c28-19-7-9-20(10-8-19)36-24(27(29,30)31)21(13-32-36)26-33-25(34-40-26)18-5-3-17(4-6-18)22(37)15-35-11-1-2-16(14-35)12-23(38)39/h3-10,13,16,22,37H,1-2,11-12,14-15H2,(H,38,39). The number of aliphatic carboxylic acids is 1. The van der Waals surface area contributed by atoms with Crippen molar-refractivity contribution in [3.63, 3.8) is 0 Å². The van der Waals surface area contributed by atoms with Gasteiger partial charge in [0.1, 0.15) is 5.82 Å². The number of likely N-dealkylation sites (tertiary alicyclic amines) is 1. The molecule has 4 aromatic rings. The van der Waals surface area contributed by atoms with Crippen LogP contribution in [0, 0.1) is 11.7 Å². The van der Waals surface area contributed by atoms with Gasteiger partial charge in [0.05, 0.1) is 23.6 Å². The molecule has 0 bridgehead atoms.